The maximum Gasteiger partial charge on any atom is 0.281 e. The summed E-state index contributed by atoms with van der Waals surface area (Å²) < 4.78 is 26.5. The van der Waals surface area contributed by atoms with Crippen LogP contribution in [0.1, 0.15) is 16.2 Å². The highest BCUT2D eigenvalue weighted by molar-refractivity contribution is 6.06. The molecule has 0 bridgehead atoms. The molecule has 27 heavy (non-hydrogen) atoms. The number of amides is 1. The molecule has 138 valence electrons. The number of ether oxygens (including phenoxy) is 2. The van der Waals surface area contributed by atoms with Gasteiger partial charge in [-0.1, -0.05) is 11.3 Å². The molecule has 1 aliphatic heterocycles. The second kappa shape index (κ2) is 6.71. The standard InChI is InChI=1S/C19H17FN4O3/c1-12-17(21-22-24(12)13-6-8-14(26-2)9-7-13)19(25)23-10-11-27-16-5-3-4-15(20)18(16)23/h3-9H,10-11H2,1-2H3. The van der Waals surface area contributed by atoms with Crippen molar-refractivity contribution in [3.8, 4) is 17.2 Å². The Morgan fingerprint density at radius 3 is 2.74 bits per heavy atom. The number of aromatic nitrogens is 3. The molecule has 7 nitrogen and oxygen atoms in total. The molecule has 1 amide bonds. The number of para-hydroxylation sites is 1. The Kier molecular flexibility index (Phi) is 4.23. The van der Waals surface area contributed by atoms with E-state index >= 15 is 0 Å². The maximum absolute atomic E-state index is 14.3. The van der Waals surface area contributed by atoms with E-state index in [0.717, 1.165) is 5.69 Å². The molecular formula is C19H17FN4O3. The summed E-state index contributed by atoms with van der Waals surface area (Å²) >= 11 is 0. The van der Waals surface area contributed by atoms with E-state index < -0.39 is 11.7 Å². The van der Waals surface area contributed by atoms with Crippen molar-refractivity contribution in [3.63, 3.8) is 0 Å². The number of nitrogens with zero attached hydrogens (tertiary/aromatic N) is 4. The highest BCUT2D eigenvalue weighted by atomic mass is 19.1. The minimum Gasteiger partial charge on any atom is -0.497 e. The lowest BCUT2D eigenvalue weighted by Gasteiger charge is -2.29. The third-order valence-electron chi connectivity index (χ3n) is 4.45. The zero-order valence-corrected chi connectivity index (χ0v) is 14.8. The van der Waals surface area contributed by atoms with E-state index in [0.29, 0.717) is 17.2 Å². The summed E-state index contributed by atoms with van der Waals surface area (Å²) in [5.74, 6) is 0.130. The summed E-state index contributed by atoms with van der Waals surface area (Å²) in [5.41, 5.74) is 1.61. The van der Waals surface area contributed by atoms with Crippen molar-refractivity contribution in [3.05, 3.63) is 59.7 Å². The Hall–Kier alpha value is -3.42. The highest BCUT2D eigenvalue weighted by Crippen LogP contribution is 2.35. The van der Waals surface area contributed by atoms with Crippen LogP contribution in [0.4, 0.5) is 10.1 Å². The van der Waals surface area contributed by atoms with Crippen LogP contribution in [-0.4, -0.2) is 41.2 Å². The van der Waals surface area contributed by atoms with Crippen molar-refractivity contribution in [1.82, 2.24) is 15.0 Å². The Morgan fingerprint density at radius 2 is 2.00 bits per heavy atom. The van der Waals surface area contributed by atoms with Gasteiger partial charge in [0.1, 0.15) is 23.8 Å². The van der Waals surface area contributed by atoms with Crippen LogP contribution in [0, 0.1) is 12.7 Å². The van der Waals surface area contributed by atoms with E-state index in [1.807, 2.05) is 12.1 Å². The first-order valence-corrected chi connectivity index (χ1v) is 8.40. The first-order chi connectivity index (χ1) is 13.1. The van der Waals surface area contributed by atoms with Gasteiger partial charge in [-0.05, 0) is 43.3 Å². The molecule has 1 aromatic heterocycles. The molecule has 3 aromatic rings. The van der Waals surface area contributed by atoms with E-state index in [9.17, 15) is 9.18 Å². The fourth-order valence-corrected chi connectivity index (χ4v) is 3.06. The SMILES string of the molecule is COc1ccc(-n2nnc(C(=O)N3CCOc4cccc(F)c43)c2C)cc1. The predicted octanol–water partition coefficient (Wildman–Crippen LogP) is 2.76. The number of anilines is 1. The van der Waals surface area contributed by atoms with Crippen molar-refractivity contribution in [2.45, 2.75) is 6.92 Å². The monoisotopic (exact) mass is 368 g/mol. The lowest BCUT2D eigenvalue weighted by Crippen LogP contribution is -2.39. The Balaban J connectivity index is 1.69. The summed E-state index contributed by atoms with van der Waals surface area (Å²) in [6.07, 6.45) is 0. The van der Waals surface area contributed by atoms with E-state index in [1.165, 1.54) is 11.0 Å². The van der Waals surface area contributed by atoms with E-state index in [4.69, 9.17) is 9.47 Å². The largest absolute Gasteiger partial charge is 0.497 e. The number of benzene rings is 2. The molecule has 8 heteroatoms. The van der Waals surface area contributed by atoms with Crippen molar-refractivity contribution < 1.29 is 18.7 Å². The quantitative estimate of drug-likeness (QED) is 0.711. The molecule has 0 atom stereocenters. The molecule has 1 aliphatic rings. The van der Waals surface area contributed by atoms with Crippen molar-refractivity contribution in [2.75, 3.05) is 25.2 Å². The van der Waals surface area contributed by atoms with Gasteiger partial charge in [0, 0.05) is 0 Å². The number of halogens is 1. The number of rotatable bonds is 3. The fraction of sp³-hybridized carbons (Fsp3) is 0.211. The van der Waals surface area contributed by atoms with E-state index in [-0.39, 0.29) is 24.5 Å². The first kappa shape index (κ1) is 17.0. The third kappa shape index (κ3) is 2.88. The Labute approximate surface area is 154 Å². The van der Waals surface area contributed by atoms with Gasteiger partial charge in [-0.3, -0.25) is 9.69 Å². The van der Waals surface area contributed by atoms with Gasteiger partial charge in [-0.2, -0.15) is 0 Å². The molecule has 0 saturated carbocycles. The van der Waals surface area contributed by atoms with E-state index in [2.05, 4.69) is 10.3 Å². The second-order valence-electron chi connectivity index (χ2n) is 6.03. The normalized spacial score (nSPS) is 13.1. The Bertz CT molecular complexity index is 1000. The maximum atomic E-state index is 14.3. The van der Waals surface area contributed by atoms with Crippen LogP contribution in [-0.2, 0) is 0 Å². The molecular weight excluding hydrogens is 351 g/mol. The van der Waals surface area contributed by atoms with Gasteiger partial charge in [0.15, 0.2) is 11.5 Å². The molecule has 0 aliphatic carbocycles. The predicted molar refractivity (Wildman–Crippen MR) is 96.2 cm³/mol. The minimum absolute atomic E-state index is 0.132. The number of methoxy groups -OCH3 is 1. The van der Waals surface area contributed by atoms with Crippen molar-refractivity contribution >= 4 is 11.6 Å². The van der Waals surface area contributed by atoms with Gasteiger partial charge in [0.2, 0.25) is 0 Å². The van der Waals surface area contributed by atoms with Gasteiger partial charge < -0.3 is 9.47 Å². The summed E-state index contributed by atoms with van der Waals surface area (Å²) in [6.45, 7) is 2.27. The lowest BCUT2D eigenvalue weighted by atomic mass is 10.2. The summed E-state index contributed by atoms with van der Waals surface area (Å²) in [7, 11) is 1.59. The number of hydrogen-bond donors (Lipinski definition) is 0. The van der Waals surface area contributed by atoms with Crippen LogP contribution in [0.25, 0.3) is 5.69 Å². The Morgan fingerprint density at radius 1 is 1.22 bits per heavy atom. The minimum atomic E-state index is -0.513. The lowest BCUT2D eigenvalue weighted by molar-refractivity contribution is 0.0969. The van der Waals surface area contributed by atoms with Crippen LogP contribution in [0.15, 0.2) is 42.5 Å². The van der Waals surface area contributed by atoms with Gasteiger partial charge in [-0.15, -0.1) is 5.10 Å². The van der Waals surface area contributed by atoms with Crippen LogP contribution in [0.3, 0.4) is 0 Å². The summed E-state index contributed by atoms with van der Waals surface area (Å²) in [5, 5.41) is 8.13. The van der Waals surface area contributed by atoms with Gasteiger partial charge >= 0.3 is 0 Å². The molecule has 0 fully saturated rings. The molecule has 2 heterocycles. The second-order valence-corrected chi connectivity index (χ2v) is 6.03. The number of carbonyl (C=O) groups excluding carboxylic acids is 1. The van der Waals surface area contributed by atoms with Crippen LogP contribution < -0.4 is 14.4 Å². The summed E-state index contributed by atoms with van der Waals surface area (Å²) in [6, 6.07) is 11.7. The van der Waals surface area contributed by atoms with Crippen LogP contribution in [0.2, 0.25) is 0 Å². The smallest absolute Gasteiger partial charge is 0.281 e. The molecule has 0 radical (unpaired) electrons. The number of carbonyl (C=O) groups is 1. The molecule has 0 spiro atoms. The number of hydrogen-bond acceptors (Lipinski definition) is 5. The summed E-state index contributed by atoms with van der Waals surface area (Å²) in [4.78, 5) is 14.4. The fourth-order valence-electron chi connectivity index (χ4n) is 3.06. The molecule has 4 rings (SSSR count). The molecule has 0 N–H and O–H groups in total. The van der Waals surface area contributed by atoms with Crippen molar-refractivity contribution in [1.29, 1.82) is 0 Å². The van der Waals surface area contributed by atoms with Gasteiger partial charge in [0.05, 0.1) is 25.0 Å². The molecule has 2 aromatic carbocycles. The van der Waals surface area contributed by atoms with Crippen LogP contribution in [0.5, 0.6) is 11.5 Å². The zero-order chi connectivity index (χ0) is 19.0. The van der Waals surface area contributed by atoms with Crippen molar-refractivity contribution in [2.24, 2.45) is 0 Å². The average molecular weight is 368 g/mol. The zero-order valence-electron chi connectivity index (χ0n) is 14.8. The first-order valence-electron chi connectivity index (χ1n) is 8.40. The molecule has 0 unspecified atom stereocenters. The van der Waals surface area contributed by atoms with Gasteiger partial charge in [-0.25, -0.2) is 9.07 Å². The number of fused-ring (bicyclic) bond motifs is 1. The van der Waals surface area contributed by atoms with Crippen LogP contribution >= 0.6 is 0 Å². The van der Waals surface area contributed by atoms with Gasteiger partial charge in [0.25, 0.3) is 5.91 Å². The average Bonchev–Trinajstić information content (AvgIpc) is 3.08. The topological polar surface area (TPSA) is 69.5 Å². The highest BCUT2D eigenvalue weighted by Gasteiger charge is 2.30. The molecule has 0 saturated heterocycles. The van der Waals surface area contributed by atoms with E-state index in [1.54, 1.807) is 43.0 Å². The third-order valence-corrected chi connectivity index (χ3v) is 4.45.